The number of hydrogen-bond donors (Lipinski definition) is 3. The fourth-order valence-electron chi connectivity index (χ4n) is 4.52. The van der Waals surface area contributed by atoms with Crippen molar-refractivity contribution in [3.63, 3.8) is 0 Å². The predicted molar refractivity (Wildman–Crippen MR) is 154 cm³/mol. The third-order valence-corrected chi connectivity index (χ3v) is 6.83. The Morgan fingerprint density at radius 1 is 0.842 bits per heavy atom. The van der Waals surface area contributed by atoms with Gasteiger partial charge in [0.1, 0.15) is 17.3 Å². The number of aromatic nitrogens is 3. The molecular formula is C29H40N8O. The Labute approximate surface area is 225 Å². The molecule has 0 unspecified atom stereocenters. The second-order valence-electron chi connectivity index (χ2n) is 10.8. The second kappa shape index (κ2) is 12.7. The lowest BCUT2D eigenvalue weighted by molar-refractivity contribution is 0.0995. The SMILES string of the molecule is CC(C)(C)c1ccc(C(N)=O)nc1.c1cc(N2CCCCC2)cc(Nc2ccc(N3CCNCC3)cn2)n1. The van der Waals surface area contributed by atoms with Crippen LogP contribution < -0.4 is 26.2 Å². The Kier molecular flexibility index (Phi) is 9.12. The van der Waals surface area contributed by atoms with Gasteiger partial charge in [0.2, 0.25) is 0 Å². The monoisotopic (exact) mass is 516 g/mol. The van der Waals surface area contributed by atoms with E-state index >= 15 is 0 Å². The largest absolute Gasteiger partial charge is 0.371 e. The number of nitrogens with two attached hydrogens (primary N) is 1. The van der Waals surface area contributed by atoms with Crippen molar-refractivity contribution in [2.45, 2.75) is 45.4 Å². The van der Waals surface area contributed by atoms with Crippen LogP contribution in [0.3, 0.4) is 0 Å². The molecule has 0 aliphatic carbocycles. The molecule has 38 heavy (non-hydrogen) atoms. The molecule has 2 saturated heterocycles. The minimum absolute atomic E-state index is 0.0587. The molecule has 0 spiro atoms. The van der Waals surface area contributed by atoms with E-state index in [-0.39, 0.29) is 5.41 Å². The van der Waals surface area contributed by atoms with E-state index in [1.165, 1.54) is 30.6 Å². The minimum atomic E-state index is -0.486. The van der Waals surface area contributed by atoms with Gasteiger partial charge in [-0.15, -0.1) is 0 Å². The van der Waals surface area contributed by atoms with Crippen LogP contribution in [0, 0.1) is 0 Å². The van der Waals surface area contributed by atoms with E-state index < -0.39 is 5.91 Å². The molecule has 0 saturated carbocycles. The third-order valence-electron chi connectivity index (χ3n) is 6.83. The Bertz CT molecular complexity index is 1160. The molecule has 4 N–H and O–H groups in total. The fourth-order valence-corrected chi connectivity index (χ4v) is 4.52. The highest BCUT2D eigenvalue weighted by Crippen LogP contribution is 2.24. The van der Waals surface area contributed by atoms with Crippen molar-refractivity contribution in [3.05, 3.63) is 66.2 Å². The Balaban J connectivity index is 0.000000219. The summed E-state index contributed by atoms with van der Waals surface area (Å²) in [7, 11) is 0. The quantitative estimate of drug-likeness (QED) is 0.465. The van der Waals surface area contributed by atoms with Crippen molar-refractivity contribution in [3.8, 4) is 0 Å². The minimum Gasteiger partial charge on any atom is -0.371 e. The van der Waals surface area contributed by atoms with Crippen LogP contribution in [0.1, 0.15) is 56.1 Å². The maximum absolute atomic E-state index is 10.7. The van der Waals surface area contributed by atoms with Gasteiger partial charge in [0.25, 0.3) is 5.91 Å². The fraction of sp³-hybridized carbons (Fsp3) is 0.448. The van der Waals surface area contributed by atoms with Crippen LogP contribution in [0.5, 0.6) is 0 Å². The number of pyridine rings is 3. The molecule has 0 atom stereocenters. The van der Waals surface area contributed by atoms with E-state index in [1.54, 1.807) is 12.3 Å². The molecule has 2 aliphatic rings. The van der Waals surface area contributed by atoms with E-state index in [1.807, 2.05) is 24.5 Å². The molecule has 9 heteroatoms. The summed E-state index contributed by atoms with van der Waals surface area (Å²) < 4.78 is 0. The molecule has 1 amide bonds. The van der Waals surface area contributed by atoms with Gasteiger partial charge in [0, 0.05) is 63.4 Å². The molecule has 3 aromatic heterocycles. The van der Waals surface area contributed by atoms with Crippen molar-refractivity contribution in [1.82, 2.24) is 20.3 Å². The van der Waals surface area contributed by atoms with Crippen LogP contribution in [0.2, 0.25) is 0 Å². The molecule has 9 nitrogen and oxygen atoms in total. The van der Waals surface area contributed by atoms with Crippen molar-refractivity contribution >= 4 is 28.9 Å². The van der Waals surface area contributed by atoms with Gasteiger partial charge in [0.05, 0.1) is 11.9 Å². The van der Waals surface area contributed by atoms with Gasteiger partial charge in [-0.3, -0.25) is 9.78 Å². The van der Waals surface area contributed by atoms with Crippen LogP contribution in [-0.4, -0.2) is 60.1 Å². The van der Waals surface area contributed by atoms with E-state index in [9.17, 15) is 4.79 Å². The lowest BCUT2D eigenvalue weighted by atomic mass is 9.88. The zero-order valence-electron chi connectivity index (χ0n) is 22.8. The predicted octanol–water partition coefficient (Wildman–Crippen LogP) is 4.10. The van der Waals surface area contributed by atoms with Gasteiger partial charge in [-0.05, 0) is 54.5 Å². The molecule has 0 aromatic carbocycles. The average molecular weight is 517 g/mol. The molecule has 0 bridgehead atoms. The molecular weight excluding hydrogens is 476 g/mol. The molecule has 202 valence electrons. The Morgan fingerprint density at radius 3 is 2.18 bits per heavy atom. The number of primary amides is 1. The van der Waals surface area contributed by atoms with Crippen molar-refractivity contribution in [2.75, 3.05) is 54.4 Å². The highest BCUT2D eigenvalue weighted by molar-refractivity contribution is 5.90. The summed E-state index contributed by atoms with van der Waals surface area (Å²) in [6.07, 6.45) is 9.42. The Morgan fingerprint density at radius 2 is 1.58 bits per heavy atom. The number of piperidine rings is 1. The standard InChI is InChI=1S/C19H26N6.C10H14N2O/c1-2-10-24(11-3-1)16-6-7-21-19(14-16)23-18-5-4-17(15-22-18)25-12-8-20-9-13-25;1-10(2,3)7-4-5-8(9(11)13)12-6-7/h4-7,14-15,20H,1-3,8-13H2,(H,21,22,23);4-6H,1-3H3,(H2,11,13). The van der Waals surface area contributed by atoms with Gasteiger partial charge >= 0.3 is 0 Å². The van der Waals surface area contributed by atoms with Gasteiger partial charge in [0.15, 0.2) is 0 Å². The topological polar surface area (TPSA) is 112 Å². The number of hydrogen-bond acceptors (Lipinski definition) is 8. The van der Waals surface area contributed by atoms with Crippen molar-refractivity contribution in [1.29, 1.82) is 0 Å². The smallest absolute Gasteiger partial charge is 0.267 e. The summed E-state index contributed by atoms with van der Waals surface area (Å²) >= 11 is 0. The summed E-state index contributed by atoms with van der Waals surface area (Å²) in [6, 6.07) is 11.9. The Hall–Kier alpha value is -3.72. The van der Waals surface area contributed by atoms with Gasteiger partial charge < -0.3 is 26.2 Å². The number of rotatable bonds is 5. The number of amides is 1. The average Bonchev–Trinajstić information content (AvgIpc) is 2.94. The van der Waals surface area contributed by atoms with Crippen molar-refractivity contribution in [2.24, 2.45) is 5.73 Å². The molecule has 2 fully saturated rings. The number of anilines is 4. The second-order valence-corrected chi connectivity index (χ2v) is 10.8. The van der Waals surface area contributed by atoms with Gasteiger partial charge in [-0.2, -0.15) is 0 Å². The number of piperazine rings is 1. The maximum atomic E-state index is 10.7. The normalized spacial score (nSPS) is 15.9. The highest BCUT2D eigenvalue weighted by atomic mass is 16.1. The van der Waals surface area contributed by atoms with Gasteiger partial charge in [-0.1, -0.05) is 26.8 Å². The molecule has 5 heterocycles. The highest BCUT2D eigenvalue weighted by Gasteiger charge is 2.15. The number of nitrogens with one attached hydrogen (secondary N) is 2. The van der Waals surface area contributed by atoms with Crippen LogP contribution >= 0.6 is 0 Å². The number of carbonyl (C=O) groups excluding carboxylic acids is 1. The van der Waals surface area contributed by atoms with E-state index in [0.717, 1.165) is 56.5 Å². The molecule has 2 aliphatic heterocycles. The molecule has 3 aromatic rings. The zero-order valence-corrected chi connectivity index (χ0v) is 22.8. The first kappa shape index (κ1) is 27.3. The lowest BCUT2D eigenvalue weighted by Crippen LogP contribution is -2.43. The van der Waals surface area contributed by atoms with E-state index in [0.29, 0.717) is 5.69 Å². The first-order chi connectivity index (χ1) is 18.3. The van der Waals surface area contributed by atoms with Crippen LogP contribution in [0.15, 0.2) is 55.0 Å². The van der Waals surface area contributed by atoms with Crippen LogP contribution in [0.4, 0.5) is 23.0 Å². The summed E-state index contributed by atoms with van der Waals surface area (Å²) in [4.78, 5) is 28.5. The zero-order chi connectivity index (χ0) is 27.0. The third kappa shape index (κ3) is 7.64. The summed E-state index contributed by atoms with van der Waals surface area (Å²) in [5.41, 5.74) is 8.97. The maximum Gasteiger partial charge on any atom is 0.267 e. The van der Waals surface area contributed by atoms with Crippen LogP contribution in [-0.2, 0) is 5.41 Å². The number of nitrogens with zero attached hydrogens (tertiary/aromatic N) is 5. The van der Waals surface area contributed by atoms with Crippen molar-refractivity contribution < 1.29 is 4.79 Å². The first-order valence-electron chi connectivity index (χ1n) is 13.5. The number of carbonyl (C=O) groups is 1. The summed E-state index contributed by atoms with van der Waals surface area (Å²) in [6.45, 7) is 12.7. The molecule has 0 radical (unpaired) electrons. The lowest BCUT2D eigenvalue weighted by Gasteiger charge is -2.29. The van der Waals surface area contributed by atoms with E-state index in [4.69, 9.17) is 5.73 Å². The van der Waals surface area contributed by atoms with E-state index in [2.05, 4.69) is 74.4 Å². The van der Waals surface area contributed by atoms with Gasteiger partial charge in [-0.25, -0.2) is 9.97 Å². The first-order valence-corrected chi connectivity index (χ1v) is 13.5. The summed E-state index contributed by atoms with van der Waals surface area (Å²) in [5, 5.41) is 6.71. The van der Waals surface area contributed by atoms with Crippen LogP contribution in [0.25, 0.3) is 0 Å². The molecule has 5 rings (SSSR count). The summed E-state index contributed by atoms with van der Waals surface area (Å²) in [5.74, 6) is 1.20.